The summed E-state index contributed by atoms with van der Waals surface area (Å²) in [5, 5.41) is 6.56. The topological polar surface area (TPSA) is 54.7 Å². The van der Waals surface area contributed by atoms with Gasteiger partial charge in [0.1, 0.15) is 5.82 Å². The Morgan fingerprint density at radius 1 is 1.33 bits per heavy atom. The van der Waals surface area contributed by atoms with Gasteiger partial charge in [-0.2, -0.15) is 5.10 Å². The highest BCUT2D eigenvalue weighted by molar-refractivity contribution is 5.68. The molecule has 1 aromatic carbocycles. The second kappa shape index (κ2) is 4.76. The average Bonchev–Trinajstić information content (AvgIpc) is 2.64. The number of rotatable bonds is 3. The Labute approximate surface area is 104 Å². The Bertz CT molecular complexity index is 561. The van der Waals surface area contributed by atoms with Crippen molar-refractivity contribution in [3.63, 3.8) is 0 Å². The maximum Gasteiger partial charge on any atom is 0.168 e. The number of halogens is 2. The summed E-state index contributed by atoms with van der Waals surface area (Å²) in [6.45, 7) is 4.05. The molecule has 0 aliphatic heterocycles. The summed E-state index contributed by atoms with van der Waals surface area (Å²) >= 11 is 0. The van der Waals surface area contributed by atoms with Crippen molar-refractivity contribution >= 4 is 5.82 Å². The fourth-order valence-corrected chi connectivity index (χ4v) is 1.91. The fraction of sp³-hybridized carbons (Fsp3) is 0.308. The van der Waals surface area contributed by atoms with E-state index in [4.69, 9.17) is 5.73 Å². The number of H-pyrrole nitrogens is 1. The summed E-state index contributed by atoms with van der Waals surface area (Å²) in [4.78, 5) is 0. The van der Waals surface area contributed by atoms with E-state index in [2.05, 4.69) is 10.2 Å². The van der Waals surface area contributed by atoms with Crippen LogP contribution in [0.25, 0.3) is 11.3 Å². The highest BCUT2D eigenvalue weighted by Crippen LogP contribution is 2.30. The van der Waals surface area contributed by atoms with Crippen LogP contribution < -0.4 is 5.73 Å². The maximum atomic E-state index is 13.8. The van der Waals surface area contributed by atoms with Crippen LogP contribution in [0.1, 0.15) is 19.4 Å². The van der Waals surface area contributed by atoms with Gasteiger partial charge in [-0.1, -0.05) is 19.9 Å². The Balaban J connectivity index is 2.54. The molecule has 0 spiro atoms. The summed E-state index contributed by atoms with van der Waals surface area (Å²) in [5.41, 5.74) is 7.11. The number of hydrogen-bond donors (Lipinski definition) is 2. The molecule has 0 aliphatic rings. The molecule has 2 aromatic rings. The zero-order valence-electron chi connectivity index (χ0n) is 10.3. The van der Waals surface area contributed by atoms with Crippen LogP contribution in [0.4, 0.5) is 14.6 Å². The van der Waals surface area contributed by atoms with E-state index in [1.165, 1.54) is 12.1 Å². The van der Waals surface area contributed by atoms with Gasteiger partial charge in [-0.3, -0.25) is 5.10 Å². The number of nitrogen functional groups attached to an aromatic ring is 1. The third-order valence-electron chi connectivity index (χ3n) is 2.73. The van der Waals surface area contributed by atoms with Crippen LogP contribution in [0, 0.1) is 17.6 Å². The minimum Gasteiger partial charge on any atom is -0.382 e. The molecule has 1 heterocycles. The number of nitrogens with two attached hydrogens (primary N) is 1. The number of nitrogens with zero attached hydrogens (tertiary/aromatic N) is 1. The van der Waals surface area contributed by atoms with Gasteiger partial charge in [0, 0.05) is 11.1 Å². The Morgan fingerprint density at radius 2 is 2.06 bits per heavy atom. The second-order valence-electron chi connectivity index (χ2n) is 4.66. The lowest BCUT2D eigenvalue weighted by Gasteiger charge is -2.08. The summed E-state index contributed by atoms with van der Waals surface area (Å²) in [6.07, 6.45) is 0.660. The summed E-state index contributed by atoms with van der Waals surface area (Å²) < 4.78 is 27.0. The van der Waals surface area contributed by atoms with Gasteiger partial charge >= 0.3 is 0 Å². The molecule has 0 saturated carbocycles. The SMILES string of the molecule is CC(C)Cc1c(N)n[nH]c1-c1cccc(F)c1F. The number of aromatic amines is 1. The van der Waals surface area contributed by atoms with Gasteiger partial charge in [0.15, 0.2) is 11.6 Å². The normalized spacial score (nSPS) is 11.2. The monoisotopic (exact) mass is 251 g/mol. The van der Waals surface area contributed by atoms with Crippen molar-refractivity contribution in [3.05, 3.63) is 35.4 Å². The predicted molar refractivity (Wildman–Crippen MR) is 66.9 cm³/mol. The lowest BCUT2D eigenvalue weighted by Crippen LogP contribution is -2.00. The van der Waals surface area contributed by atoms with E-state index in [0.29, 0.717) is 23.9 Å². The first-order valence-electron chi connectivity index (χ1n) is 5.77. The van der Waals surface area contributed by atoms with Gasteiger partial charge < -0.3 is 5.73 Å². The van der Waals surface area contributed by atoms with Gasteiger partial charge in [-0.05, 0) is 24.5 Å². The molecule has 3 nitrogen and oxygen atoms in total. The molecule has 0 atom stereocenters. The molecule has 18 heavy (non-hydrogen) atoms. The van der Waals surface area contributed by atoms with E-state index < -0.39 is 11.6 Å². The van der Waals surface area contributed by atoms with Gasteiger partial charge in [0.05, 0.1) is 5.69 Å². The van der Waals surface area contributed by atoms with Crippen LogP contribution in [0.2, 0.25) is 0 Å². The Kier molecular flexibility index (Phi) is 3.32. The van der Waals surface area contributed by atoms with Crippen LogP contribution in [0.5, 0.6) is 0 Å². The molecule has 0 saturated heterocycles. The molecule has 0 radical (unpaired) electrons. The number of benzene rings is 1. The highest BCUT2D eigenvalue weighted by atomic mass is 19.2. The van der Waals surface area contributed by atoms with Gasteiger partial charge in [0.2, 0.25) is 0 Å². The van der Waals surface area contributed by atoms with E-state index in [1.54, 1.807) is 0 Å². The molecule has 0 unspecified atom stereocenters. The van der Waals surface area contributed by atoms with E-state index in [-0.39, 0.29) is 5.56 Å². The molecule has 1 aromatic heterocycles. The van der Waals surface area contributed by atoms with E-state index in [9.17, 15) is 8.78 Å². The second-order valence-corrected chi connectivity index (χ2v) is 4.66. The lowest BCUT2D eigenvalue weighted by molar-refractivity contribution is 0.510. The smallest absolute Gasteiger partial charge is 0.168 e. The molecule has 5 heteroatoms. The van der Waals surface area contributed by atoms with Crippen molar-refractivity contribution in [2.45, 2.75) is 20.3 Å². The molecule has 96 valence electrons. The Morgan fingerprint density at radius 3 is 2.72 bits per heavy atom. The number of aromatic nitrogens is 2. The lowest BCUT2D eigenvalue weighted by atomic mass is 9.99. The van der Waals surface area contributed by atoms with Crippen LogP contribution in [0.3, 0.4) is 0 Å². The summed E-state index contributed by atoms with van der Waals surface area (Å²) in [6, 6.07) is 4.06. The maximum absolute atomic E-state index is 13.8. The molecule has 0 fully saturated rings. The molecule has 0 bridgehead atoms. The minimum absolute atomic E-state index is 0.162. The van der Waals surface area contributed by atoms with Crippen molar-refractivity contribution in [2.24, 2.45) is 5.92 Å². The average molecular weight is 251 g/mol. The van der Waals surface area contributed by atoms with Crippen LogP contribution in [-0.4, -0.2) is 10.2 Å². The summed E-state index contributed by atoms with van der Waals surface area (Å²) in [5.74, 6) is -1.08. The van der Waals surface area contributed by atoms with E-state index in [0.717, 1.165) is 11.6 Å². The standard InChI is InChI=1S/C13H15F2N3/c1-7(2)6-9-12(17-18-13(9)16)8-4-3-5-10(14)11(8)15/h3-5,7H,6H2,1-2H3,(H3,16,17,18). The van der Waals surface area contributed by atoms with Crippen molar-refractivity contribution in [1.29, 1.82) is 0 Å². The molecule has 3 N–H and O–H groups in total. The number of hydrogen-bond acceptors (Lipinski definition) is 2. The van der Waals surface area contributed by atoms with Crippen molar-refractivity contribution in [2.75, 3.05) is 5.73 Å². The summed E-state index contributed by atoms with van der Waals surface area (Å²) in [7, 11) is 0. The minimum atomic E-state index is -0.883. The van der Waals surface area contributed by atoms with E-state index in [1.807, 2.05) is 13.8 Å². The van der Waals surface area contributed by atoms with Crippen molar-refractivity contribution < 1.29 is 8.78 Å². The zero-order valence-corrected chi connectivity index (χ0v) is 10.3. The van der Waals surface area contributed by atoms with Crippen molar-refractivity contribution in [1.82, 2.24) is 10.2 Å². The Hall–Kier alpha value is -1.91. The fourth-order valence-electron chi connectivity index (χ4n) is 1.91. The van der Waals surface area contributed by atoms with Gasteiger partial charge in [-0.25, -0.2) is 8.78 Å². The van der Waals surface area contributed by atoms with Gasteiger partial charge in [-0.15, -0.1) is 0 Å². The first kappa shape index (κ1) is 12.5. The quantitative estimate of drug-likeness (QED) is 0.880. The zero-order chi connectivity index (χ0) is 13.3. The number of nitrogens with one attached hydrogen (secondary N) is 1. The van der Waals surface area contributed by atoms with Gasteiger partial charge in [0.25, 0.3) is 0 Å². The third kappa shape index (κ3) is 2.20. The molecule has 0 amide bonds. The van der Waals surface area contributed by atoms with E-state index >= 15 is 0 Å². The predicted octanol–water partition coefficient (Wildman–Crippen LogP) is 3.14. The largest absolute Gasteiger partial charge is 0.382 e. The number of anilines is 1. The first-order valence-corrected chi connectivity index (χ1v) is 5.77. The molecule has 0 aliphatic carbocycles. The van der Waals surface area contributed by atoms with Crippen LogP contribution in [-0.2, 0) is 6.42 Å². The third-order valence-corrected chi connectivity index (χ3v) is 2.73. The molecular weight excluding hydrogens is 236 g/mol. The highest BCUT2D eigenvalue weighted by Gasteiger charge is 2.18. The molecule has 2 rings (SSSR count). The van der Waals surface area contributed by atoms with Crippen LogP contribution in [0.15, 0.2) is 18.2 Å². The van der Waals surface area contributed by atoms with Crippen molar-refractivity contribution in [3.8, 4) is 11.3 Å². The van der Waals surface area contributed by atoms with Crippen LogP contribution >= 0.6 is 0 Å². The molecular formula is C13H15F2N3. The first-order chi connectivity index (χ1) is 8.50.